The lowest BCUT2D eigenvalue weighted by Crippen LogP contribution is -2.43. The third-order valence-corrected chi connectivity index (χ3v) is 28.1. The van der Waals surface area contributed by atoms with Crippen molar-refractivity contribution < 1.29 is 47.3 Å². The van der Waals surface area contributed by atoms with Gasteiger partial charge in [-0.2, -0.15) is 0 Å². The van der Waals surface area contributed by atoms with E-state index in [1.807, 2.05) is 98.0 Å². The number of amides is 5. The Morgan fingerprint density at radius 1 is 0.385 bits per heavy atom. The number of likely N-dealkylation sites (tertiary alicyclic amines) is 1. The molecule has 0 radical (unpaired) electrons. The van der Waals surface area contributed by atoms with Crippen LogP contribution in [-0.2, 0) is 42.9 Å². The van der Waals surface area contributed by atoms with Gasteiger partial charge in [-0.1, -0.05) is 23.2 Å². The second kappa shape index (κ2) is 36.8. The van der Waals surface area contributed by atoms with E-state index >= 15 is 0 Å². The van der Waals surface area contributed by atoms with Crippen molar-refractivity contribution >= 4 is 133 Å². The maximum absolute atomic E-state index is 13.9. The summed E-state index contributed by atoms with van der Waals surface area (Å²) in [6.45, 7) is 38.9. The Kier molecular flexibility index (Phi) is 26.4. The molecule has 4 atom stereocenters. The maximum Gasteiger partial charge on any atom is 0.271 e. The number of imidazole rings is 5. The first kappa shape index (κ1) is 93.2. The molecule has 4 unspecified atom stereocenters. The fourth-order valence-electron chi connectivity index (χ4n) is 19.9. The zero-order valence-electron chi connectivity index (χ0n) is 78.4. The van der Waals surface area contributed by atoms with Gasteiger partial charge in [-0.3, -0.25) is 78.3 Å². The van der Waals surface area contributed by atoms with Gasteiger partial charge >= 0.3 is 0 Å². The number of ether oxygens (including phenoxy) is 4. The Bertz CT molecular complexity index is 5790. The molecule has 10 aromatic heterocycles. The average Bonchev–Trinajstić information content (AvgIpc) is 1.62. The van der Waals surface area contributed by atoms with Gasteiger partial charge < -0.3 is 23.8 Å². The van der Waals surface area contributed by atoms with Gasteiger partial charge in [-0.25, -0.2) is 49.2 Å². The molecule has 5 N–H and O–H groups in total. The zero-order chi connectivity index (χ0) is 92.3. The van der Waals surface area contributed by atoms with Crippen LogP contribution in [0.4, 0.5) is 39.9 Å². The van der Waals surface area contributed by atoms with E-state index in [9.17, 15) is 28.4 Å². The predicted octanol–water partition coefficient (Wildman–Crippen LogP) is 20.1. The Hall–Kier alpha value is -10.0. The lowest BCUT2D eigenvalue weighted by atomic mass is 9.93. The predicted molar refractivity (Wildman–Crippen MR) is 501 cm³/mol. The largest absolute Gasteiger partial charge is 0.369 e. The number of nitrogens with zero attached hydrogens (tertiary/aromatic N) is 17. The molecule has 5 saturated carbocycles. The molecular formula is C97H130ClFN22O9. The quantitative estimate of drug-likeness (QED) is 0.0349. The molecule has 5 amide bonds. The van der Waals surface area contributed by atoms with E-state index in [1.165, 1.54) is 25.7 Å². The lowest BCUT2D eigenvalue weighted by molar-refractivity contribution is -0.127. The van der Waals surface area contributed by atoms with Crippen LogP contribution >= 0.6 is 11.6 Å². The molecule has 20 rings (SSSR count). The number of anilines is 5. The minimum absolute atomic E-state index is 0.0437. The summed E-state index contributed by atoms with van der Waals surface area (Å²) < 4.78 is 48.7. The second-order valence-electron chi connectivity index (χ2n) is 41.9. The smallest absolute Gasteiger partial charge is 0.271 e. The van der Waals surface area contributed by atoms with Crippen LogP contribution in [0.15, 0.2) is 66.9 Å². The van der Waals surface area contributed by atoms with Gasteiger partial charge in [0.2, 0.25) is 59.3 Å². The topological polar surface area (TPSA) is 344 Å². The Balaban J connectivity index is 0.000000119. The molecule has 696 valence electrons. The molecule has 0 aromatic carbocycles. The van der Waals surface area contributed by atoms with Crippen molar-refractivity contribution in [1.29, 1.82) is 0 Å². The van der Waals surface area contributed by atoms with Gasteiger partial charge in [0.1, 0.15) is 38.4 Å². The number of fused-ring (bicyclic) bond motifs is 5. The number of carbonyl (C=O) groups is 5. The van der Waals surface area contributed by atoms with Crippen LogP contribution in [0, 0.1) is 20.4 Å². The van der Waals surface area contributed by atoms with Crippen molar-refractivity contribution in [2.45, 2.75) is 371 Å². The molecule has 5 aliphatic heterocycles. The van der Waals surface area contributed by atoms with E-state index in [-0.39, 0.29) is 64.5 Å². The summed E-state index contributed by atoms with van der Waals surface area (Å²) >= 11 is 6.07. The number of aromatic nitrogens is 15. The van der Waals surface area contributed by atoms with Crippen LogP contribution < -0.4 is 26.6 Å². The summed E-state index contributed by atoms with van der Waals surface area (Å²) in [5, 5.41) is 15.5. The summed E-state index contributed by atoms with van der Waals surface area (Å²) in [5.74, 6) is 2.88. The highest BCUT2D eigenvalue weighted by Crippen LogP contribution is 2.47. The van der Waals surface area contributed by atoms with Gasteiger partial charge in [-0.05, 0) is 325 Å². The van der Waals surface area contributed by atoms with Crippen molar-refractivity contribution in [2.75, 3.05) is 46.2 Å². The van der Waals surface area contributed by atoms with Gasteiger partial charge in [0.05, 0.1) is 77.0 Å². The monoisotopic (exact) mass is 1800 g/mol. The molecule has 5 saturated heterocycles. The SMILES string of the molecule is CC1(C)CCC(C)(CC(=O)Nc2nc3ccc(Cl)nc3n2C2CCC2)O1.CC1(C)CCC(C)(CC(=O)Nc2nc3cccnc3n2C2CCC2)O1.Cc1ccc2nc(NC(=O)CC3(C)CCC(C)(C)O3)n(C3CCC3)c2n1.Cc1ccc2nc(NC(=O)CN3CCC(C)(F)CC3)n(C3CCC3)c2n1.[C-]#[N+]c1ccc2nc(NC(=O)CC3(C)CCC(C)(C)O3)n(C3CCC3)c2n1. The minimum Gasteiger partial charge on any atom is -0.369 e. The van der Waals surface area contributed by atoms with Gasteiger partial charge in [-0.15, -0.1) is 0 Å². The molecule has 0 spiro atoms. The molecule has 10 aliphatic rings. The highest BCUT2D eigenvalue weighted by atomic mass is 35.5. The fourth-order valence-corrected chi connectivity index (χ4v) is 20.0. The van der Waals surface area contributed by atoms with Crippen LogP contribution in [0.3, 0.4) is 0 Å². The van der Waals surface area contributed by atoms with E-state index in [0.29, 0.717) is 128 Å². The van der Waals surface area contributed by atoms with Crippen LogP contribution in [0.2, 0.25) is 5.15 Å². The van der Waals surface area contributed by atoms with Crippen molar-refractivity contribution in [1.82, 2.24) is 77.6 Å². The van der Waals surface area contributed by atoms with Crippen LogP contribution in [-0.4, -0.2) is 177 Å². The molecule has 31 nitrogen and oxygen atoms in total. The average molecular weight is 1800 g/mol. The normalized spacial score (nSPS) is 24.4. The number of aryl methyl sites for hydroxylation is 2. The van der Waals surface area contributed by atoms with E-state index in [4.69, 9.17) is 37.1 Å². The summed E-state index contributed by atoms with van der Waals surface area (Å²) in [6, 6.07) is 20.4. The molecule has 10 fully saturated rings. The Morgan fingerprint density at radius 3 is 0.985 bits per heavy atom. The van der Waals surface area contributed by atoms with Crippen LogP contribution in [0.1, 0.15) is 318 Å². The lowest BCUT2D eigenvalue weighted by Gasteiger charge is -2.33. The summed E-state index contributed by atoms with van der Waals surface area (Å²) in [5.41, 5.74) is 6.35. The van der Waals surface area contributed by atoms with E-state index in [1.54, 1.807) is 31.3 Å². The minimum atomic E-state index is -1.10. The number of halogens is 2. The zero-order valence-corrected chi connectivity index (χ0v) is 79.2. The molecule has 5 aliphatic carbocycles. The number of rotatable bonds is 20. The van der Waals surface area contributed by atoms with E-state index in [0.717, 1.165) is 178 Å². The number of nitrogens with one attached hydrogen (secondary N) is 5. The highest BCUT2D eigenvalue weighted by molar-refractivity contribution is 6.29. The summed E-state index contributed by atoms with van der Waals surface area (Å²) in [7, 11) is 0. The first-order valence-electron chi connectivity index (χ1n) is 47.1. The number of hydrogen-bond donors (Lipinski definition) is 5. The molecule has 15 heterocycles. The number of carbonyl (C=O) groups excluding carboxylic acids is 5. The third-order valence-electron chi connectivity index (χ3n) is 27.9. The van der Waals surface area contributed by atoms with Crippen LogP contribution in [0.5, 0.6) is 0 Å². The third kappa shape index (κ3) is 21.7. The van der Waals surface area contributed by atoms with Gasteiger partial charge in [0, 0.05) is 60.9 Å². The van der Waals surface area contributed by atoms with Crippen molar-refractivity contribution in [2.24, 2.45) is 0 Å². The van der Waals surface area contributed by atoms with Crippen molar-refractivity contribution in [3.8, 4) is 0 Å². The Morgan fingerprint density at radius 2 is 0.677 bits per heavy atom. The maximum atomic E-state index is 13.9. The first-order chi connectivity index (χ1) is 61.5. The Labute approximate surface area is 765 Å². The molecular weight excluding hydrogens is 1670 g/mol. The van der Waals surface area contributed by atoms with Crippen LogP contribution in [0.25, 0.3) is 60.7 Å². The standard InChI is InChI=1S/C20H25N5O2.C20H28N4O2.C19H25ClN4O2.C19H26FN5O.C19H26N4O2/c1-19(2)10-11-20(3,27-19)12-16(26)24-18-22-14-8-9-15(21-4)23-17(14)25(18)13-6-5-7-13;1-13-8-9-15-17(21-13)24(14-6-5-7-14)18(22-15)23-16(25)12-20(4)11-10-19(2,3)26-20;1-18(2)9-10-19(3,26-18)11-15(25)23-17-21-13-7-8-14(20)22-16(13)24(17)12-5-4-6-12;1-13-6-7-15-17(21-13)25(14-4-3-5-14)18(22-15)23-16(26)12-24-10-8-19(2,20)9-11-24;1-18(2)9-10-19(3,25-18)12-15(24)22-17-21-14-8-5-11-20-16(14)23(17)13-6-4-7-13/h8-9,13H,5-7,10-12H2,1-3H3,(H,22,24,26);8-9,14H,5-7,10-12H2,1-4H3,(H,22,23,25);7-8,12H,4-6,9-11H2,1-3H3,(H,21,23,25);6-7,14H,3-5,8-12H2,1-2H3,(H,22,23,26);5,8,11,13H,4,6-7,9-10,12H2,1-3H3,(H,21,22,24). The van der Waals surface area contributed by atoms with Crippen molar-refractivity contribution in [3.05, 3.63) is 94.8 Å². The number of piperidine rings is 1. The van der Waals surface area contributed by atoms with E-state index in [2.05, 4.69) is 150 Å². The summed E-state index contributed by atoms with van der Waals surface area (Å²) in [6.07, 6.45) is 28.2. The second-order valence-corrected chi connectivity index (χ2v) is 42.3. The highest BCUT2D eigenvalue weighted by Gasteiger charge is 2.47. The molecule has 130 heavy (non-hydrogen) atoms. The number of alkyl halides is 1. The van der Waals surface area contributed by atoms with Crippen molar-refractivity contribution in [3.63, 3.8) is 0 Å². The molecule has 33 heteroatoms. The van der Waals surface area contributed by atoms with E-state index < -0.39 is 28.1 Å². The fraction of sp³-hybridized carbons (Fsp3) is 0.629. The molecule has 10 aromatic rings. The first-order valence-corrected chi connectivity index (χ1v) is 47.5. The summed E-state index contributed by atoms with van der Waals surface area (Å²) in [4.78, 5) is 115. The number of hydrogen-bond acceptors (Lipinski definition) is 20. The van der Waals surface area contributed by atoms with Gasteiger partial charge in [0.25, 0.3) is 11.5 Å². The molecule has 0 bridgehead atoms. The van der Waals surface area contributed by atoms with Gasteiger partial charge in [0.15, 0.2) is 22.6 Å². The number of pyridine rings is 5.